The average Bonchev–Trinajstić information content (AvgIpc) is 2.90. The molecular formula is C13H14N4O. The second-order valence-electron chi connectivity index (χ2n) is 4.59. The first kappa shape index (κ1) is 11.0. The minimum Gasteiger partial charge on any atom is -0.324 e. The summed E-state index contributed by atoms with van der Waals surface area (Å²) in [6.45, 7) is 6.73. The Bertz CT molecular complexity index is 711. The summed E-state index contributed by atoms with van der Waals surface area (Å²) in [6.07, 6.45) is 1.83. The highest BCUT2D eigenvalue weighted by molar-refractivity contribution is 5.77. The maximum Gasteiger partial charge on any atom is 0.127 e. The zero-order valence-corrected chi connectivity index (χ0v) is 10.6. The molecule has 0 spiro atoms. The monoisotopic (exact) mass is 242 g/mol. The standard InChI is InChI=1S/C13H14N4O/c1-8-4-11-13(5-9(8)2)17(7-14-11)6-12-10(3)15-18-16-12/h4-5,7H,6H2,1-3H3. The predicted octanol–water partition coefficient (Wildman–Crippen LogP) is 2.39. The van der Waals surface area contributed by atoms with Crippen molar-refractivity contribution < 1.29 is 4.63 Å². The van der Waals surface area contributed by atoms with Gasteiger partial charge in [0.15, 0.2) is 0 Å². The Kier molecular flexibility index (Phi) is 2.40. The predicted molar refractivity (Wildman–Crippen MR) is 67.3 cm³/mol. The summed E-state index contributed by atoms with van der Waals surface area (Å²) in [6, 6.07) is 4.26. The first-order valence-electron chi connectivity index (χ1n) is 5.85. The van der Waals surface area contributed by atoms with E-state index in [1.54, 1.807) is 0 Å². The van der Waals surface area contributed by atoms with Gasteiger partial charge in [-0.05, 0) is 44.0 Å². The quantitative estimate of drug-likeness (QED) is 0.692. The summed E-state index contributed by atoms with van der Waals surface area (Å²) in [4.78, 5) is 4.41. The number of hydrogen-bond acceptors (Lipinski definition) is 4. The highest BCUT2D eigenvalue weighted by atomic mass is 16.6. The Balaban J connectivity index is 2.08. The summed E-state index contributed by atoms with van der Waals surface area (Å²) >= 11 is 0. The minimum absolute atomic E-state index is 0.633. The fraction of sp³-hybridized carbons (Fsp3) is 0.308. The van der Waals surface area contributed by atoms with Crippen LogP contribution in [0.3, 0.4) is 0 Å². The number of nitrogens with zero attached hydrogens (tertiary/aromatic N) is 4. The molecule has 18 heavy (non-hydrogen) atoms. The van der Waals surface area contributed by atoms with Crippen LogP contribution in [0.25, 0.3) is 11.0 Å². The Morgan fingerprint density at radius 2 is 1.89 bits per heavy atom. The van der Waals surface area contributed by atoms with Crippen LogP contribution >= 0.6 is 0 Å². The molecule has 0 N–H and O–H groups in total. The van der Waals surface area contributed by atoms with Crippen molar-refractivity contribution >= 4 is 11.0 Å². The van der Waals surface area contributed by atoms with E-state index in [1.807, 2.05) is 13.3 Å². The molecule has 0 saturated heterocycles. The summed E-state index contributed by atoms with van der Waals surface area (Å²) in [5, 5.41) is 7.69. The molecule has 0 fully saturated rings. The van der Waals surface area contributed by atoms with Crippen molar-refractivity contribution in [2.45, 2.75) is 27.3 Å². The first-order valence-corrected chi connectivity index (χ1v) is 5.85. The second-order valence-corrected chi connectivity index (χ2v) is 4.59. The van der Waals surface area contributed by atoms with Gasteiger partial charge in [-0.15, -0.1) is 0 Å². The van der Waals surface area contributed by atoms with Crippen LogP contribution in [0.15, 0.2) is 23.1 Å². The van der Waals surface area contributed by atoms with Crippen molar-refractivity contribution in [1.82, 2.24) is 19.9 Å². The van der Waals surface area contributed by atoms with E-state index in [0.29, 0.717) is 6.54 Å². The molecule has 0 aliphatic heterocycles. The lowest BCUT2D eigenvalue weighted by Crippen LogP contribution is -2.00. The molecule has 0 bridgehead atoms. The highest BCUT2D eigenvalue weighted by Gasteiger charge is 2.09. The molecule has 92 valence electrons. The van der Waals surface area contributed by atoms with Crippen LogP contribution in [-0.2, 0) is 6.54 Å². The third kappa shape index (κ3) is 1.68. The largest absolute Gasteiger partial charge is 0.324 e. The zero-order chi connectivity index (χ0) is 12.7. The van der Waals surface area contributed by atoms with Crippen LogP contribution in [0.1, 0.15) is 22.5 Å². The molecule has 0 saturated carbocycles. The number of fused-ring (bicyclic) bond motifs is 1. The van der Waals surface area contributed by atoms with Crippen molar-refractivity contribution in [3.05, 3.63) is 41.0 Å². The molecule has 0 amide bonds. The number of aromatic nitrogens is 4. The molecule has 3 aromatic rings. The second kappa shape index (κ2) is 3.94. The van der Waals surface area contributed by atoms with Crippen LogP contribution in [0.5, 0.6) is 0 Å². The van der Waals surface area contributed by atoms with Gasteiger partial charge in [-0.2, -0.15) is 0 Å². The van der Waals surface area contributed by atoms with Gasteiger partial charge in [0.2, 0.25) is 0 Å². The third-order valence-electron chi connectivity index (χ3n) is 3.30. The van der Waals surface area contributed by atoms with Crippen LogP contribution in [0.2, 0.25) is 0 Å². The fourth-order valence-electron chi connectivity index (χ4n) is 1.99. The Morgan fingerprint density at radius 1 is 1.11 bits per heavy atom. The molecular weight excluding hydrogens is 228 g/mol. The van der Waals surface area contributed by atoms with Gasteiger partial charge < -0.3 is 4.57 Å². The molecule has 3 rings (SSSR count). The van der Waals surface area contributed by atoms with Gasteiger partial charge in [0.25, 0.3) is 0 Å². The maximum atomic E-state index is 4.72. The van der Waals surface area contributed by atoms with Gasteiger partial charge in [-0.25, -0.2) is 9.61 Å². The van der Waals surface area contributed by atoms with Gasteiger partial charge >= 0.3 is 0 Å². The molecule has 1 aromatic carbocycles. The number of hydrogen-bond donors (Lipinski definition) is 0. The topological polar surface area (TPSA) is 56.7 Å². The van der Waals surface area contributed by atoms with E-state index in [-0.39, 0.29) is 0 Å². The molecule has 2 aromatic heterocycles. The van der Waals surface area contributed by atoms with E-state index in [9.17, 15) is 0 Å². The van der Waals surface area contributed by atoms with E-state index in [4.69, 9.17) is 4.63 Å². The van der Waals surface area contributed by atoms with E-state index in [2.05, 4.69) is 45.8 Å². The van der Waals surface area contributed by atoms with Crippen LogP contribution in [0.4, 0.5) is 0 Å². The van der Waals surface area contributed by atoms with E-state index < -0.39 is 0 Å². The molecule has 0 aliphatic carbocycles. The van der Waals surface area contributed by atoms with E-state index in [1.165, 1.54) is 11.1 Å². The molecule has 0 radical (unpaired) electrons. The normalized spacial score (nSPS) is 11.3. The van der Waals surface area contributed by atoms with Crippen LogP contribution in [-0.4, -0.2) is 19.9 Å². The summed E-state index contributed by atoms with van der Waals surface area (Å²) in [5.74, 6) is 0. The van der Waals surface area contributed by atoms with Crippen molar-refractivity contribution in [2.24, 2.45) is 0 Å². The first-order chi connectivity index (χ1) is 8.65. The van der Waals surface area contributed by atoms with Crippen molar-refractivity contribution in [1.29, 1.82) is 0 Å². The fourth-order valence-corrected chi connectivity index (χ4v) is 1.99. The maximum absolute atomic E-state index is 4.72. The molecule has 2 heterocycles. The molecule has 0 unspecified atom stereocenters. The lowest BCUT2D eigenvalue weighted by atomic mass is 10.1. The number of imidazole rings is 1. The lowest BCUT2D eigenvalue weighted by Gasteiger charge is -2.04. The molecule has 0 aliphatic rings. The van der Waals surface area contributed by atoms with Gasteiger partial charge in [-0.1, -0.05) is 10.3 Å². The number of benzene rings is 1. The summed E-state index contributed by atoms with van der Waals surface area (Å²) in [5.41, 5.74) is 6.30. The number of aryl methyl sites for hydroxylation is 3. The van der Waals surface area contributed by atoms with E-state index in [0.717, 1.165) is 22.4 Å². The summed E-state index contributed by atoms with van der Waals surface area (Å²) < 4.78 is 6.78. The Morgan fingerprint density at radius 3 is 2.61 bits per heavy atom. The molecule has 5 nitrogen and oxygen atoms in total. The van der Waals surface area contributed by atoms with Crippen LogP contribution in [0, 0.1) is 20.8 Å². The van der Waals surface area contributed by atoms with Crippen LogP contribution < -0.4 is 0 Å². The van der Waals surface area contributed by atoms with Gasteiger partial charge in [0.1, 0.15) is 11.4 Å². The molecule has 0 atom stereocenters. The van der Waals surface area contributed by atoms with E-state index >= 15 is 0 Å². The zero-order valence-electron chi connectivity index (χ0n) is 10.6. The Labute approximate surface area is 104 Å². The molecule has 5 heteroatoms. The highest BCUT2D eigenvalue weighted by Crippen LogP contribution is 2.19. The SMILES string of the molecule is Cc1cc2ncn(Cc3nonc3C)c2cc1C. The third-order valence-corrected chi connectivity index (χ3v) is 3.30. The smallest absolute Gasteiger partial charge is 0.127 e. The van der Waals surface area contributed by atoms with Crippen molar-refractivity contribution in [2.75, 3.05) is 0 Å². The average molecular weight is 242 g/mol. The Hall–Kier alpha value is -2.17. The number of rotatable bonds is 2. The van der Waals surface area contributed by atoms with Gasteiger partial charge in [0.05, 0.1) is 23.9 Å². The van der Waals surface area contributed by atoms with Crippen molar-refractivity contribution in [3.8, 4) is 0 Å². The lowest BCUT2D eigenvalue weighted by molar-refractivity contribution is 0.300. The van der Waals surface area contributed by atoms with Gasteiger partial charge in [0, 0.05) is 0 Å². The van der Waals surface area contributed by atoms with Crippen molar-refractivity contribution in [3.63, 3.8) is 0 Å². The minimum atomic E-state index is 0.633. The summed E-state index contributed by atoms with van der Waals surface area (Å²) in [7, 11) is 0. The van der Waals surface area contributed by atoms with Gasteiger partial charge in [-0.3, -0.25) is 0 Å².